The molecule has 2 N–H and O–H groups in total. The Labute approximate surface area is 121 Å². The lowest BCUT2D eigenvalue weighted by Gasteiger charge is -2.30. The van der Waals surface area contributed by atoms with Gasteiger partial charge >= 0.3 is 0 Å². The van der Waals surface area contributed by atoms with Crippen molar-refractivity contribution in [2.45, 2.75) is 25.3 Å². The van der Waals surface area contributed by atoms with Crippen LogP contribution in [0.1, 0.15) is 29.2 Å². The van der Waals surface area contributed by atoms with Crippen LogP contribution in [0.15, 0.2) is 36.4 Å². The summed E-state index contributed by atoms with van der Waals surface area (Å²) < 4.78 is 40.7. The van der Waals surface area contributed by atoms with Gasteiger partial charge in [-0.2, -0.15) is 0 Å². The predicted octanol–water partition coefficient (Wildman–Crippen LogP) is 3.91. The third-order valence-electron chi connectivity index (χ3n) is 4.27. The molecule has 4 heteroatoms. The molecule has 1 aliphatic carbocycles. The predicted molar refractivity (Wildman–Crippen MR) is 75.2 cm³/mol. The largest absolute Gasteiger partial charge is 0.324 e. The molecule has 0 saturated heterocycles. The number of hydrogen-bond acceptors (Lipinski definition) is 1. The average Bonchev–Trinajstić information content (AvgIpc) is 2.45. The van der Waals surface area contributed by atoms with E-state index in [1.54, 1.807) is 0 Å². The maximum absolute atomic E-state index is 13.9. The Hall–Kier alpha value is -1.81. The molecule has 110 valence electrons. The minimum Gasteiger partial charge on any atom is -0.324 e. The van der Waals surface area contributed by atoms with Crippen molar-refractivity contribution in [2.75, 3.05) is 0 Å². The molecule has 21 heavy (non-hydrogen) atoms. The second-order valence-corrected chi connectivity index (χ2v) is 5.58. The minimum absolute atomic E-state index is 0.0469. The first-order valence-corrected chi connectivity index (χ1v) is 7.03. The summed E-state index contributed by atoms with van der Waals surface area (Å²) >= 11 is 0. The van der Waals surface area contributed by atoms with E-state index < -0.39 is 23.5 Å². The highest BCUT2D eigenvalue weighted by Gasteiger charge is 2.29. The molecular formula is C17H16F3N. The van der Waals surface area contributed by atoms with Crippen LogP contribution in [-0.4, -0.2) is 0 Å². The molecule has 1 nitrogen and oxygen atoms in total. The van der Waals surface area contributed by atoms with Gasteiger partial charge in [-0.15, -0.1) is 0 Å². The Morgan fingerprint density at radius 1 is 1.00 bits per heavy atom. The fourth-order valence-electron chi connectivity index (χ4n) is 3.14. The van der Waals surface area contributed by atoms with Gasteiger partial charge < -0.3 is 5.73 Å². The molecule has 2 aromatic carbocycles. The van der Waals surface area contributed by atoms with Gasteiger partial charge in [-0.3, -0.25) is 0 Å². The first kappa shape index (κ1) is 14.1. The summed E-state index contributed by atoms with van der Waals surface area (Å²) in [4.78, 5) is 0. The van der Waals surface area contributed by atoms with Crippen LogP contribution < -0.4 is 5.73 Å². The number of aryl methyl sites for hydroxylation is 1. The van der Waals surface area contributed by atoms with E-state index in [1.165, 1.54) is 11.1 Å². The molecule has 0 spiro atoms. The summed E-state index contributed by atoms with van der Waals surface area (Å²) in [6.07, 6.45) is 2.31. The van der Waals surface area contributed by atoms with Crippen molar-refractivity contribution in [1.29, 1.82) is 0 Å². The quantitative estimate of drug-likeness (QED) is 0.892. The van der Waals surface area contributed by atoms with Crippen molar-refractivity contribution in [2.24, 2.45) is 11.7 Å². The van der Waals surface area contributed by atoms with E-state index in [1.807, 2.05) is 18.2 Å². The lowest BCUT2D eigenvalue weighted by Crippen LogP contribution is -2.28. The van der Waals surface area contributed by atoms with Gasteiger partial charge in [0.15, 0.2) is 0 Å². The summed E-state index contributed by atoms with van der Waals surface area (Å²) in [5.74, 6) is -2.78. The zero-order valence-corrected chi connectivity index (χ0v) is 11.5. The molecule has 2 unspecified atom stereocenters. The Balaban J connectivity index is 1.89. The molecule has 0 bridgehead atoms. The van der Waals surface area contributed by atoms with Crippen LogP contribution in [-0.2, 0) is 12.8 Å². The molecule has 1 aliphatic rings. The lowest BCUT2D eigenvalue weighted by molar-refractivity contribution is 0.360. The van der Waals surface area contributed by atoms with Crippen molar-refractivity contribution in [3.05, 3.63) is 70.5 Å². The van der Waals surface area contributed by atoms with Crippen LogP contribution in [0.25, 0.3) is 0 Å². The van der Waals surface area contributed by atoms with Gasteiger partial charge in [0.1, 0.15) is 17.5 Å². The second-order valence-electron chi connectivity index (χ2n) is 5.58. The number of rotatable bonds is 2. The third-order valence-corrected chi connectivity index (χ3v) is 4.27. The zero-order chi connectivity index (χ0) is 15.0. The normalized spacial score (nSPS) is 19.1. The molecule has 0 fully saturated rings. The molecule has 3 rings (SSSR count). The van der Waals surface area contributed by atoms with Gasteiger partial charge in [0.2, 0.25) is 0 Å². The SMILES string of the molecule is NC(c1c(F)cc(F)cc1F)C1CCc2ccccc2C1. The summed E-state index contributed by atoms with van der Waals surface area (Å²) in [5, 5.41) is 0. The van der Waals surface area contributed by atoms with Gasteiger partial charge in [0.05, 0.1) is 0 Å². The Morgan fingerprint density at radius 2 is 1.62 bits per heavy atom. The number of fused-ring (bicyclic) bond motifs is 1. The second kappa shape index (κ2) is 5.53. The van der Waals surface area contributed by atoms with Crippen LogP contribution in [0.4, 0.5) is 13.2 Å². The molecule has 0 heterocycles. The van der Waals surface area contributed by atoms with Crippen LogP contribution >= 0.6 is 0 Å². The topological polar surface area (TPSA) is 26.0 Å². The first-order valence-electron chi connectivity index (χ1n) is 7.03. The van der Waals surface area contributed by atoms with Gasteiger partial charge in [-0.05, 0) is 36.3 Å². The van der Waals surface area contributed by atoms with E-state index in [2.05, 4.69) is 6.07 Å². The van der Waals surface area contributed by atoms with Crippen LogP contribution in [0.5, 0.6) is 0 Å². The molecule has 0 radical (unpaired) electrons. The fraction of sp³-hybridized carbons (Fsp3) is 0.294. The lowest BCUT2D eigenvalue weighted by atomic mass is 9.78. The van der Waals surface area contributed by atoms with E-state index in [0.29, 0.717) is 18.6 Å². The average molecular weight is 291 g/mol. The van der Waals surface area contributed by atoms with Crippen LogP contribution in [0, 0.1) is 23.4 Å². The maximum Gasteiger partial charge on any atom is 0.133 e. The standard InChI is InChI=1S/C17H16F3N/c18-13-8-14(19)16(15(20)9-13)17(21)12-6-5-10-3-1-2-4-11(10)7-12/h1-4,8-9,12,17H,5-7,21H2. The van der Waals surface area contributed by atoms with Crippen molar-refractivity contribution >= 4 is 0 Å². The van der Waals surface area contributed by atoms with E-state index in [-0.39, 0.29) is 11.5 Å². The van der Waals surface area contributed by atoms with E-state index in [0.717, 1.165) is 12.8 Å². The van der Waals surface area contributed by atoms with E-state index in [9.17, 15) is 13.2 Å². The summed E-state index contributed by atoms with van der Waals surface area (Å²) in [5.41, 5.74) is 8.31. The Morgan fingerprint density at radius 3 is 2.29 bits per heavy atom. The fourth-order valence-corrected chi connectivity index (χ4v) is 3.14. The highest BCUT2D eigenvalue weighted by molar-refractivity contribution is 5.32. The number of nitrogens with two attached hydrogens (primary N) is 1. The summed E-state index contributed by atoms with van der Waals surface area (Å²) in [6.45, 7) is 0. The van der Waals surface area contributed by atoms with Gasteiger partial charge in [-0.1, -0.05) is 24.3 Å². The minimum atomic E-state index is -0.921. The zero-order valence-electron chi connectivity index (χ0n) is 11.5. The Kier molecular flexibility index (Phi) is 3.72. The Bertz CT molecular complexity index is 646. The van der Waals surface area contributed by atoms with Gasteiger partial charge in [0.25, 0.3) is 0 Å². The molecule has 0 saturated carbocycles. The third kappa shape index (κ3) is 2.68. The highest BCUT2D eigenvalue weighted by Crippen LogP contribution is 2.34. The first-order chi connectivity index (χ1) is 10.1. The number of halogens is 3. The van der Waals surface area contributed by atoms with Crippen LogP contribution in [0.3, 0.4) is 0 Å². The smallest absolute Gasteiger partial charge is 0.133 e. The van der Waals surface area contributed by atoms with Crippen molar-refractivity contribution in [3.63, 3.8) is 0 Å². The molecular weight excluding hydrogens is 275 g/mol. The van der Waals surface area contributed by atoms with Crippen LogP contribution in [0.2, 0.25) is 0 Å². The number of hydrogen-bond donors (Lipinski definition) is 1. The molecule has 2 aromatic rings. The molecule has 0 amide bonds. The summed E-state index contributed by atoms with van der Waals surface area (Å²) in [6, 6.07) is 8.63. The number of benzene rings is 2. The molecule has 2 atom stereocenters. The molecule has 0 aliphatic heterocycles. The van der Waals surface area contributed by atoms with Gasteiger partial charge in [0, 0.05) is 23.7 Å². The summed E-state index contributed by atoms with van der Waals surface area (Å²) in [7, 11) is 0. The van der Waals surface area contributed by atoms with Crippen molar-refractivity contribution < 1.29 is 13.2 Å². The van der Waals surface area contributed by atoms with Crippen molar-refractivity contribution in [3.8, 4) is 0 Å². The monoisotopic (exact) mass is 291 g/mol. The van der Waals surface area contributed by atoms with Crippen molar-refractivity contribution in [1.82, 2.24) is 0 Å². The van der Waals surface area contributed by atoms with Gasteiger partial charge in [-0.25, -0.2) is 13.2 Å². The highest BCUT2D eigenvalue weighted by atomic mass is 19.1. The molecule has 0 aromatic heterocycles. The van der Waals surface area contributed by atoms with E-state index >= 15 is 0 Å². The van der Waals surface area contributed by atoms with E-state index in [4.69, 9.17) is 5.73 Å². The maximum atomic E-state index is 13.9.